The van der Waals surface area contributed by atoms with E-state index in [1.54, 1.807) is 18.2 Å². The Balaban J connectivity index is 1.67. The predicted octanol–water partition coefficient (Wildman–Crippen LogP) is 6.03. The lowest BCUT2D eigenvalue weighted by atomic mass is 9.84. The summed E-state index contributed by atoms with van der Waals surface area (Å²) in [6.45, 7) is 0. The molecule has 0 aliphatic heterocycles. The number of azo groups is 1. The zero-order valence-corrected chi connectivity index (χ0v) is 14.5. The van der Waals surface area contributed by atoms with Crippen LogP contribution in [0.5, 0.6) is 11.5 Å². The molecule has 0 saturated carbocycles. The number of alkyl halides is 3. The fraction of sp³-hybridized carbons (Fsp3) is 0.143. The molecule has 0 aromatic heterocycles. The largest absolute Gasteiger partial charge is 0.508 e. The lowest BCUT2D eigenvalue weighted by molar-refractivity contribution is -0.137. The van der Waals surface area contributed by atoms with E-state index in [0.717, 1.165) is 28.8 Å². The van der Waals surface area contributed by atoms with Crippen molar-refractivity contribution in [1.29, 1.82) is 0 Å². The number of phenols is 2. The summed E-state index contributed by atoms with van der Waals surface area (Å²) < 4.78 is 38.0. The summed E-state index contributed by atoms with van der Waals surface area (Å²) in [4.78, 5) is 0. The van der Waals surface area contributed by atoms with Crippen molar-refractivity contribution in [3.63, 3.8) is 0 Å². The number of nitrogens with zero attached hydrogens (tertiary/aromatic N) is 2. The Hall–Kier alpha value is -3.35. The molecule has 0 heterocycles. The van der Waals surface area contributed by atoms with E-state index in [4.69, 9.17) is 0 Å². The first-order valence-electron chi connectivity index (χ1n) is 8.55. The number of halogens is 3. The van der Waals surface area contributed by atoms with Crippen LogP contribution in [0.15, 0.2) is 64.8 Å². The van der Waals surface area contributed by atoms with E-state index in [9.17, 15) is 23.4 Å². The minimum Gasteiger partial charge on any atom is -0.508 e. The summed E-state index contributed by atoms with van der Waals surface area (Å²) >= 11 is 0. The Kier molecular flexibility index (Phi) is 4.30. The molecule has 1 aliphatic carbocycles. The lowest BCUT2D eigenvalue weighted by Gasteiger charge is -2.22. The molecule has 28 heavy (non-hydrogen) atoms. The van der Waals surface area contributed by atoms with Crippen molar-refractivity contribution in [2.45, 2.75) is 19.0 Å². The Labute approximate surface area is 158 Å². The van der Waals surface area contributed by atoms with Gasteiger partial charge in [-0.15, -0.1) is 0 Å². The second-order valence-corrected chi connectivity index (χ2v) is 6.57. The molecule has 0 radical (unpaired) electrons. The van der Waals surface area contributed by atoms with Crippen molar-refractivity contribution in [3.8, 4) is 11.5 Å². The van der Waals surface area contributed by atoms with E-state index in [2.05, 4.69) is 10.2 Å². The minimum atomic E-state index is -4.40. The average Bonchev–Trinajstić information content (AvgIpc) is 2.67. The van der Waals surface area contributed by atoms with Crippen LogP contribution in [-0.4, -0.2) is 10.2 Å². The molecule has 0 amide bonds. The highest BCUT2D eigenvalue weighted by atomic mass is 19.4. The first-order valence-corrected chi connectivity index (χ1v) is 8.55. The molecule has 4 nitrogen and oxygen atoms in total. The normalized spacial score (nSPS) is 13.4. The van der Waals surface area contributed by atoms with Gasteiger partial charge in [0.2, 0.25) is 0 Å². The first kappa shape index (κ1) is 18.0. The van der Waals surface area contributed by atoms with Crippen molar-refractivity contribution >= 4 is 11.4 Å². The monoisotopic (exact) mass is 384 g/mol. The van der Waals surface area contributed by atoms with Gasteiger partial charge in [0.05, 0.1) is 16.9 Å². The third-order valence-electron chi connectivity index (χ3n) is 4.82. The van der Waals surface area contributed by atoms with Crippen LogP contribution in [0.1, 0.15) is 27.8 Å². The summed E-state index contributed by atoms with van der Waals surface area (Å²) in [5.74, 6) is 0.289. The summed E-state index contributed by atoms with van der Waals surface area (Å²) in [7, 11) is 0. The minimum absolute atomic E-state index is 0.109. The number of rotatable bonds is 2. The quantitative estimate of drug-likeness (QED) is 0.415. The Bertz CT molecular complexity index is 1070. The Morgan fingerprint density at radius 3 is 2.14 bits per heavy atom. The molecule has 142 valence electrons. The number of aromatic hydroxyl groups is 2. The highest BCUT2D eigenvalue weighted by Gasteiger charge is 2.30. The van der Waals surface area contributed by atoms with Gasteiger partial charge in [-0.2, -0.15) is 23.4 Å². The Morgan fingerprint density at radius 1 is 0.714 bits per heavy atom. The van der Waals surface area contributed by atoms with Crippen LogP contribution in [0.4, 0.5) is 24.5 Å². The highest BCUT2D eigenvalue weighted by Crippen LogP contribution is 2.41. The van der Waals surface area contributed by atoms with Gasteiger partial charge in [-0.3, -0.25) is 0 Å². The fourth-order valence-corrected chi connectivity index (χ4v) is 3.34. The second kappa shape index (κ2) is 6.67. The van der Waals surface area contributed by atoms with Gasteiger partial charge in [-0.25, -0.2) is 0 Å². The van der Waals surface area contributed by atoms with Gasteiger partial charge in [0.1, 0.15) is 11.5 Å². The van der Waals surface area contributed by atoms with E-state index in [1.807, 2.05) is 6.07 Å². The van der Waals surface area contributed by atoms with Crippen molar-refractivity contribution in [1.82, 2.24) is 0 Å². The maximum absolute atomic E-state index is 12.7. The average molecular weight is 384 g/mol. The number of fused-ring (bicyclic) bond motifs is 2. The summed E-state index contributed by atoms with van der Waals surface area (Å²) in [6, 6.07) is 12.8. The van der Waals surface area contributed by atoms with Gasteiger partial charge >= 0.3 is 6.18 Å². The van der Waals surface area contributed by atoms with Crippen LogP contribution >= 0.6 is 0 Å². The van der Waals surface area contributed by atoms with Gasteiger partial charge in [0.25, 0.3) is 0 Å². The summed E-state index contributed by atoms with van der Waals surface area (Å²) in [5, 5.41) is 28.5. The Morgan fingerprint density at radius 2 is 1.43 bits per heavy atom. The third kappa shape index (κ3) is 3.31. The highest BCUT2D eigenvalue weighted by molar-refractivity contribution is 5.63. The zero-order chi connectivity index (χ0) is 19.9. The molecule has 0 unspecified atom stereocenters. The smallest absolute Gasteiger partial charge is 0.416 e. The topological polar surface area (TPSA) is 65.2 Å². The predicted molar refractivity (Wildman–Crippen MR) is 97.4 cm³/mol. The fourth-order valence-electron chi connectivity index (χ4n) is 3.34. The number of hydrogen-bond donors (Lipinski definition) is 2. The molecule has 0 spiro atoms. The maximum Gasteiger partial charge on any atom is 0.416 e. The molecule has 3 aromatic carbocycles. The lowest BCUT2D eigenvalue weighted by Crippen LogP contribution is -2.08. The van der Waals surface area contributed by atoms with E-state index < -0.39 is 11.7 Å². The van der Waals surface area contributed by atoms with Gasteiger partial charge in [0.15, 0.2) is 0 Å². The van der Waals surface area contributed by atoms with E-state index in [-0.39, 0.29) is 11.5 Å². The molecule has 3 aromatic rings. The number of hydrogen-bond acceptors (Lipinski definition) is 4. The first-order chi connectivity index (χ1) is 13.3. The van der Waals surface area contributed by atoms with Crippen LogP contribution in [0.25, 0.3) is 0 Å². The SMILES string of the molecule is Oc1cccc2c1Cc1c(O)ccc(N=Nc3ccc(C(F)(F)F)cc3)c1C2. The van der Waals surface area contributed by atoms with Gasteiger partial charge in [-0.05, 0) is 53.6 Å². The van der Waals surface area contributed by atoms with Gasteiger partial charge < -0.3 is 10.2 Å². The van der Waals surface area contributed by atoms with Gasteiger partial charge in [-0.1, -0.05) is 12.1 Å². The van der Waals surface area contributed by atoms with Crippen LogP contribution in [0.2, 0.25) is 0 Å². The van der Waals surface area contributed by atoms with Crippen LogP contribution in [-0.2, 0) is 19.0 Å². The van der Waals surface area contributed by atoms with Crippen molar-refractivity contribution in [2.75, 3.05) is 0 Å². The van der Waals surface area contributed by atoms with E-state index in [0.29, 0.717) is 29.8 Å². The molecular weight excluding hydrogens is 369 g/mol. The standard InChI is InChI=1S/C21H15F3N2O2/c22-21(23,24)13-4-6-14(7-5-13)25-26-18-8-9-20(28)17-11-15-12(10-16(17)18)2-1-3-19(15)27/h1-9,27-28H,10-11H2. The van der Waals surface area contributed by atoms with Crippen molar-refractivity contribution in [2.24, 2.45) is 10.2 Å². The van der Waals surface area contributed by atoms with Crippen LogP contribution < -0.4 is 0 Å². The third-order valence-corrected chi connectivity index (χ3v) is 4.82. The van der Waals surface area contributed by atoms with Gasteiger partial charge in [0, 0.05) is 24.0 Å². The summed E-state index contributed by atoms with van der Waals surface area (Å²) in [6.07, 6.45) is -3.56. The summed E-state index contributed by atoms with van der Waals surface area (Å²) in [5.41, 5.74) is 3.23. The van der Waals surface area contributed by atoms with E-state index in [1.165, 1.54) is 18.2 Å². The van der Waals surface area contributed by atoms with Crippen LogP contribution in [0, 0.1) is 0 Å². The molecule has 0 saturated heterocycles. The number of benzene rings is 3. The maximum atomic E-state index is 12.7. The molecule has 2 N–H and O–H groups in total. The molecular formula is C21H15F3N2O2. The molecule has 0 bridgehead atoms. The number of phenolic OH excluding ortho intramolecular Hbond substituents is 2. The second-order valence-electron chi connectivity index (χ2n) is 6.57. The van der Waals surface area contributed by atoms with E-state index >= 15 is 0 Å². The van der Waals surface area contributed by atoms with Crippen molar-refractivity contribution < 1.29 is 23.4 Å². The molecule has 0 fully saturated rings. The zero-order valence-electron chi connectivity index (χ0n) is 14.5. The van der Waals surface area contributed by atoms with Crippen LogP contribution in [0.3, 0.4) is 0 Å². The molecule has 1 aliphatic rings. The van der Waals surface area contributed by atoms with Crippen molar-refractivity contribution in [3.05, 3.63) is 82.4 Å². The molecule has 7 heteroatoms. The molecule has 4 rings (SSSR count). The molecule has 0 atom stereocenters.